The van der Waals surface area contributed by atoms with E-state index in [9.17, 15) is 23.3 Å². The van der Waals surface area contributed by atoms with Crippen LogP contribution in [0.2, 0.25) is 5.02 Å². The van der Waals surface area contributed by atoms with Crippen LogP contribution in [0.25, 0.3) is 0 Å². The van der Waals surface area contributed by atoms with Crippen molar-refractivity contribution in [1.29, 1.82) is 5.26 Å². The van der Waals surface area contributed by atoms with E-state index in [4.69, 9.17) is 21.6 Å². The third kappa shape index (κ3) is 3.70. The third-order valence-electron chi connectivity index (χ3n) is 2.77. The zero-order chi connectivity index (χ0) is 17.2. The lowest BCUT2D eigenvalue weighted by Crippen LogP contribution is -2.04. The van der Waals surface area contributed by atoms with Crippen LogP contribution in [0.1, 0.15) is 11.1 Å². The first-order valence-corrected chi connectivity index (χ1v) is 6.33. The molecule has 0 heterocycles. The molecule has 2 rings (SSSR count). The summed E-state index contributed by atoms with van der Waals surface area (Å²) in [5.74, 6) is -0.326. The predicted molar refractivity (Wildman–Crippen MR) is 74.3 cm³/mol. The number of benzene rings is 2. The Balaban J connectivity index is 2.40. The van der Waals surface area contributed by atoms with Crippen LogP contribution in [0.5, 0.6) is 11.5 Å². The molecule has 0 unspecified atom stereocenters. The number of ether oxygens (including phenoxy) is 1. The Hall–Kier alpha value is -2.79. The minimum atomic E-state index is -4.57. The van der Waals surface area contributed by atoms with Gasteiger partial charge in [-0.25, -0.2) is 0 Å². The maximum absolute atomic E-state index is 12.7. The van der Waals surface area contributed by atoms with Crippen LogP contribution in [-0.2, 0) is 6.18 Å². The zero-order valence-electron chi connectivity index (χ0n) is 11.1. The molecule has 0 aliphatic rings. The molecular formula is C14H6ClF3N2O3. The molecule has 0 bridgehead atoms. The summed E-state index contributed by atoms with van der Waals surface area (Å²) in [4.78, 5) is 9.98. The summed E-state index contributed by atoms with van der Waals surface area (Å²) >= 11 is 5.79. The fourth-order valence-electron chi connectivity index (χ4n) is 1.71. The molecule has 2 aromatic rings. The Labute approximate surface area is 132 Å². The maximum atomic E-state index is 12.7. The zero-order valence-corrected chi connectivity index (χ0v) is 11.9. The molecule has 0 amide bonds. The summed E-state index contributed by atoms with van der Waals surface area (Å²) in [5, 5.41) is 19.5. The molecule has 9 heteroatoms. The Morgan fingerprint density at radius 3 is 2.48 bits per heavy atom. The largest absolute Gasteiger partial charge is 0.456 e. The van der Waals surface area contributed by atoms with Crippen molar-refractivity contribution in [2.45, 2.75) is 6.18 Å². The molecule has 0 aliphatic carbocycles. The molecule has 0 fully saturated rings. The van der Waals surface area contributed by atoms with Gasteiger partial charge in [-0.15, -0.1) is 0 Å². The standard InChI is InChI=1S/C14H6ClF3N2O3/c15-11-3-1-9(14(16,17)18)6-13(11)23-10-2-4-12(20(21)22)8(5-10)7-19/h1-6H. The maximum Gasteiger partial charge on any atom is 0.416 e. The van der Waals surface area contributed by atoms with Gasteiger partial charge >= 0.3 is 6.18 Å². The van der Waals surface area contributed by atoms with E-state index in [2.05, 4.69) is 0 Å². The summed E-state index contributed by atoms with van der Waals surface area (Å²) < 4.78 is 43.3. The Morgan fingerprint density at radius 2 is 1.91 bits per heavy atom. The van der Waals surface area contributed by atoms with Crippen LogP contribution in [0, 0.1) is 21.4 Å². The van der Waals surface area contributed by atoms with E-state index in [1.165, 1.54) is 0 Å². The lowest BCUT2D eigenvalue weighted by Gasteiger charge is -2.11. The van der Waals surface area contributed by atoms with E-state index in [-0.39, 0.29) is 22.1 Å². The van der Waals surface area contributed by atoms with Crippen molar-refractivity contribution in [3.8, 4) is 17.6 Å². The van der Waals surface area contributed by atoms with E-state index >= 15 is 0 Å². The van der Waals surface area contributed by atoms with Gasteiger partial charge in [-0.3, -0.25) is 10.1 Å². The van der Waals surface area contributed by atoms with E-state index in [0.717, 1.165) is 30.3 Å². The molecule has 0 saturated carbocycles. The van der Waals surface area contributed by atoms with Gasteiger partial charge in [0.05, 0.1) is 15.5 Å². The number of hydrogen-bond donors (Lipinski definition) is 0. The van der Waals surface area contributed by atoms with Crippen molar-refractivity contribution in [3.05, 3.63) is 62.7 Å². The van der Waals surface area contributed by atoms with Crippen molar-refractivity contribution >= 4 is 17.3 Å². The average molecular weight is 343 g/mol. The molecule has 0 atom stereocenters. The molecule has 5 nitrogen and oxygen atoms in total. The first kappa shape index (κ1) is 16.6. The van der Waals surface area contributed by atoms with E-state index in [1.807, 2.05) is 0 Å². The molecule has 0 aromatic heterocycles. The first-order chi connectivity index (χ1) is 10.7. The molecule has 0 radical (unpaired) electrons. The molecule has 118 valence electrons. The number of alkyl halides is 3. The number of nitriles is 1. The number of nitrogens with zero attached hydrogens (tertiary/aromatic N) is 2. The van der Waals surface area contributed by atoms with Crippen molar-refractivity contribution in [1.82, 2.24) is 0 Å². The molecule has 23 heavy (non-hydrogen) atoms. The van der Waals surface area contributed by atoms with Gasteiger partial charge in [0.1, 0.15) is 23.1 Å². The van der Waals surface area contributed by atoms with E-state index < -0.39 is 22.4 Å². The van der Waals surface area contributed by atoms with Crippen LogP contribution in [0.15, 0.2) is 36.4 Å². The third-order valence-corrected chi connectivity index (χ3v) is 3.08. The van der Waals surface area contributed by atoms with Gasteiger partial charge in [-0.2, -0.15) is 18.4 Å². The van der Waals surface area contributed by atoms with Gasteiger partial charge in [-0.1, -0.05) is 11.6 Å². The fourth-order valence-corrected chi connectivity index (χ4v) is 1.87. The molecule has 2 aromatic carbocycles. The normalized spacial score (nSPS) is 10.9. The first-order valence-electron chi connectivity index (χ1n) is 5.95. The van der Waals surface area contributed by atoms with E-state index in [1.54, 1.807) is 6.07 Å². The highest BCUT2D eigenvalue weighted by Crippen LogP contribution is 2.37. The number of nitro benzene ring substituents is 1. The summed E-state index contributed by atoms with van der Waals surface area (Å²) in [6.45, 7) is 0. The smallest absolute Gasteiger partial charge is 0.416 e. The SMILES string of the molecule is N#Cc1cc(Oc2cc(C(F)(F)F)ccc2Cl)ccc1[N+](=O)[O-]. The van der Waals surface area contributed by atoms with Crippen LogP contribution < -0.4 is 4.74 Å². The van der Waals surface area contributed by atoms with Crippen LogP contribution in [0.3, 0.4) is 0 Å². The fraction of sp³-hybridized carbons (Fsp3) is 0.0714. The molecule has 0 spiro atoms. The molecule has 0 aliphatic heterocycles. The second-order valence-corrected chi connectivity index (χ2v) is 4.70. The van der Waals surface area contributed by atoms with Crippen molar-refractivity contribution in [2.24, 2.45) is 0 Å². The molecule has 0 N–H and O–H groups in total. The summed E-state index contributed by atoms with van der Waals surface area (Å²) in [6.07, 6.45) is -4.57. The minimum absolute atomic E-state index is 0.0478. The lowest BCUT2D eigenvalue weighted by molar-refractivity contribution is -0.385. The highest BCUT2D eigenvalue weighted by molar-refractivity contribution is 6.32. The quantitative estimate of drug-likeness (QED) is 0.585. The number of nitro groups is 1. The monoisotopic (exact) mass is 342 g/mol. The summed E-state index contributed by atoms with van der Waals surface area (Å²) in [7, 11) is 0. The van der Waals surface area contributed by atoms with Crippen LogP contribution >= 0.6 is 11.6 Å². The van der Waals surface area contributed by atoms with Gasteiger partial charge < -0.3 is 4.74 Å². The van der Waals surface area contributed by atoms with Gasteiger partial charge in [0.25, 0.3) is 5.69 Å². The summed E-state index contributed by atoms with van der Waals surface area (Å²) in [5.41, 5.74) is -1.68. The second kappa shape index (κ2) is 6.14. The van der Waals surface area contributed by atoms with Gasteiger partial charge in [-0.05, 0) is 24.3 Å². The number of hydrogen-bond acceptors (Lipinski definition) is 4. The van der Waals surface area contributed by atoms with Crippen LogP contribution in [0.4, 0.5) is 18.9 Å². The highest BCUT2D eigenvalue weighted by Gasteiger charge is 2.31. The van der Waals surface area contributed by atoms with Gasteiger partial charge in [0, 0.05) is 12.1 Å². The van der Waals surface area contributed by atoms with Gasteiger partial charge in [0.2, 0.25) is 0 Å². The average Bonchev–Trinajstić information content (AvgIpc) is 2.48. The molecular weight excluding hydrogens is 337 g/mol. The van der Waals surface area contributed by atoms with Crippen molar-refractivity contribution < 1.29 is 22.8 Å². The van der Waals surface area contributed by atoms with Crippen molar-refractivity contribution in [3.63, 3.8) is 0 Å². The van der Waals surface area contributed by atoms with E-state index in [0.29, 0.717) is 6.07 Å². The number of halogens is 4. The predicted octanol–water partition coefficient (Wildman–Crippen LogP) is 4.93. The van der Waals surface area contributed by atoms with Crippen molar-refractivity contribution in [2.75, 3.05) is 0 Å². The topological polar surface area (TPSA) is 76.2 Å². The molecule has 0 saturated heterocycles. The Bertz CT molecular complexity index is 816. The Kier molecular flexibility index (Phi) is 4.43. The number of rotatable bonds is 3. The second-order valence-electron chi connectivity index (χ2n) is 4.29. The summed E-state index contributed by atoms with van der Waals surface area (Å²) in [6, 6.07) is 7.38. The Morgan fingerprint density at radius 1 is 1.22 bits per heavy atom. The van der Waals surface area contributed by atoms with Crippen LogP contribution in [-0.4, -0.2) is 4.92 Å². The minimum Gasteiger partial charge on any atom is -0.456 e. The van der Waals surface area contributed by atoms with Gasteiger partial charge in [0.15, 0.2) is 0 Å². The lowest BCUT2D eigenvalue weighted by atomic mass is 10.2. The highest BCUT2D eigenvalue weighted by atomic mass is 35.5.